The van der Waals surface area contributed by atoms with Crippen molar-refractivity contribution in [3.63, 3.8) is 0 Å². The van der Waals surface area contributed by atoms with Gasteiger partial charge in [0.05, 0.1) is 23.0 Å². The molecule has 1 aromatic carbocycles. The van der Waals surface area contributed by atoms with Gasteiger partial charge in [0.25, 0.3) is 0 Å². The van der Waals surface area contributed by atoms with Crippen LogP contribution in [0.1, 0.15) is 44.1 Å². The Kier molecular flexibility index (Phi) is 5.24. The smallest absolute Gasteiger partial charge is 0.0837 e. The van der Waals surface area contributed by atoms with E-state index in [-0.39, 0.29) is 12.1 Å². The molecule has 0 saturated heterocycles. The van der Waals surface area contributed by atoms with Gasteiger partial charge in [0.15, 0.2) is 0 Å². The maximum Gasteiger partial charge on any atom is 0.0837 e. The van der Waals surface area contributed by atoms with Crippen LogP contribution in [0.15, 0.2) is 34.9 Å². The average molecular weight is 357 g/mol. The van der Waals surface area contributed by atoms with Gasteiger partial charge in [-0.15, -0.1) is 0 Å². The topological polar surface area (TPSA) is 29.9 Å². The fourth-order valence-corrected chi connectivity index (χ4v) is 3.05. The van der Waals surface area contributed by atoms with Crippen molar-refractivity contribution in [3.8, 4) is 0 Å². The lowest BCUT2D eigenvalue weighted by molar-refractivity contribution is 0.476. The molecule has 0 aliphatic heterocycles. The third-order valence-electron chi connectivity index (χ3n) is 3.17. The highest BCUT2D eigenvalue weighted by Gasteiger charge is 2.24. The van der Waals surface area contributed by atoms with Crippen LogP contribution in [0, 0.1) is 0 Å². The Hall–Kier alpha value is -0.840. The quantitative estimate of drug-likeness (QED) is 0.850. The number of aromatic nitrogens is 2. The third kappa shape index (κ3) is 3.08. The molecular weight excluding hydrogens is 338 g/mol. The maximum absolute atomic E-state index is 6.38. The summed E-state index contributed by atoms with van der Waals surface area (Å²) < 4.78 is 3.05. The maximum atomic E-state index is 6.38. The van der Waals surface area contributed by atoms with Crippen molar-refractivity contribution in [3.05, 3.63) is 51.2 Å². The molecule has 2 rings (SSSR count). The largest absolute Gasteiger partial charge is 0.305 e. The summed E-state index contributed by atoms with van der Waals surface area (Å²) in [6, 6.07) is 8.48. The Bertz CT molecular complexity index is 580. The second-order valence-corrected chi connectivity index (χ2v) is 6.19. The predicted molar refractivity (Wildman–Crippen MR) is 87.3 cm³/mol. The normalized spacial score (nSPS) is 12.9. The van der Waals surface area contributed by atoms with E-state index in [1.54, 1.807) is 6.20 Å². The van der Waals surface area contributed by atoms with E-state index in [0.29, 0.717) is 5.02 Å². The van der Waals surface area contributed by atoms with E-state index in [9.17, 15) is 0 Å². The molecule has 3 nitrogen and oxygen atoms in total. The van der Waals surface area contributed by atoms with Crippen LogP contribution in [-0.4, -0.2) is 16.3 Å². The van der Waals surface area contributed by atoms with Crippen molar-refractivity contribution in [2.24, 2.45) is 0 Å². The summed E-state index contributed by atoms with van der Waals surface area (Å²) in [6.07, 6.45) is 1.72. The summed E-state index contributed by atoms with van der Waals surface area (Å²) >= 11 is 10.0. The fraction of sp³-hybridized carbons (Fsp3) is 0.400. The van der Waals surface area contributed by atoms with E-state index >= 15 is 0 Å². The Balaban J connectivity index is 2.55. The summed E-state index contributed by atoms with van der Waals surface area (Å²) in [5.41, 5.74) is 2.18. The van der Waals surface area contributed by atoms with E-state index in [1.165, 1.54) is 5.56 Å². The van der Waals surface area contributed by atoms with Crippen LogP contribution in [0.5, 0.6) is 0 Å². The molecule has 0 bridgehead atoms. The predicted octanol–water partition coefficient (Wildman–Crippen LogP) is 4.58. The Morgan fingerprint density at radius 1 is 1.35 bits per heavy atom. The monoisotopic (exact) mass is 355 g/mol. The van der Waals surface area contributed by atoms with Crippen LogP contribution < -0.4 is 5.32 Å². The highest BCUT2D eigenvalue weighted by Crippen LogP contribution is 2.33. The Morgan fingerprint density at radius 3 is 2.65 bits per heavy atom. The molecule has 0 saturated carbocycles. The first kappa shape index (κ1) is 15.5. The van der Waals surface area contributed by atoms with Crippen LogP contribution in [0.3, 0.4) is 0 Å². The van der Waals surface area contributed by atoms with Crippen molar-refractivity contribution < 1.29 is 0 Å². The van der Waals surface area contributed by atoms with Crippen molar-refractivity contribution in [2.45, 2.75) is 32.9 Å². The number of hydrogen-bond acceptors (Lipinski definition) is 2. The summed E-state index contributed by atoms with van der Waals surface area (Å²) in [5, 5.41) is 8.60. The van der Waals surface area contributed by atoms with E-state index in [0.717, 1.165) is 16.7 Å². The van der Waals surface area contributed by atoms with Crippen LogP contribution in [-0.2, 0) is 0 Å². The highest BCUT2D eigenvalue weighted by atomic mass is 79.9. The van der Waals surface area contributed by atoms with Crippen molar-refractivity contribution in [1.29, 1.82) is 0 Å². The van der Waals surface area contributed by atoms with Gasteiger partial charge in [-0.1, -0.05) is 52.7 Å². The second kappa shape index (κ2) is 6.74. The van der Waals surface area contributed by atoms with Crippen molar-refractivity contribution in [2.75, 3.05) is 6.54 Å². The minimum absolute atomic E-state index is 0.0213. The molecule has 1 N–H and O–H groups in total. The molecule has 0 fully saturated rings. The zero-order valence-electron chi connectivity index (χ0n) is 11.9. The summed E-state index contributed by atoms with van der Waals surface area (Å²) in [6.45, 7) is 7.16. The van der Waals surface area contributed by atoms with E-state index in [4.69, 9.17) is 11.6 Å². The van der Waals surface area contributed by atoms with E-state index in [2.05, 4.69) is 53.2 Å². The first-order chi connectivity index (χ1) is 9.56. The van der Waals surface area contributed by atoms with Gasteiger partial charge in [-0.2, -0.15) is 5.10 Å². The highest BCUT2D eigenvalue weighted by molar-refractivity contribution is 9.10. The first-order valence-corrected chi connectivity index (χ1v) is 7.94. The number of nitrogens with one attached hydrogen (secondary N) is 1. The molecule has 0 amide bonds. The van der Waals surface area contributed by atoms with Gasteiger partial charge in [0.1, 0.15) is 0 Å². The lowest BCUT2D eigenvalue weighted by Gasteiger charge is -2.23. The average Bonchev–Trinajstić information content (AvgIpc) is 2.79. The number of halogens is 2. The zero-order chi connectivity index (χ0) is 14.7. The van der Waals surface area contributed by atoms with Gasteiger partial charge >= 0.3 is 0 Å². The summed E-state index contributed by atoms with van der Waals surface area (Å²) in [5.74, 6) is 0. The SMILES string of the molecule is CCNC(c1ccccc1Br)c1c(Cl)cnn1C(C)C. The summed E-state index contributed by atoms with van der Waals surface area (Å²) in [4.78, 5) is 0. The lowest BCUT2D eigenvalue weighted by atomic mass is 10.0. The molecule has 20 heavy (non-hydrogen) atoms. The third-order valence-corrected chi connectivity index (χ3v) is 4.19. The lowest BCUT2D eigenvalue weighted by Crippen LogP contribution is -2.26. The van der Waals surface area contributed by atoms with Gasteiger partial charge in [0, 0.05) is 10.5 Å². The Morgan fingerprint density at radius 2 is 2.05 bits per heavy atom. The zero-order valence-corrected chi connectivity index (χ0v) is 14.2. The number of hydrogen-bond donors (Lipinski definition) is 1. The minimum Gasteiger partial charge on any atom is -0.305 e. The van der Waals surface area contributed by atoms with Gasteiger partial charge in [0.2, 0.25) is 0 Å². The van der Waals surface area contributed by atoms with Crippen LogP contribution in [0.25, 0.3) is 0 Å². The van der Waals surface area contributed by atoms with Crippen molar-refractivity contribution >= 4 is 27.5 Å². The molecule has 0 aliphatic rings. The van der Waals surface area contributed by atoms with E-state index < -0.39 is 0 Å². The Labute approximate surface area is 133 Å². The second-order valence-electron chi connectivity index (χ2n) is 4.93. The number of rotatable bonds is 5. The molecule has 1 heterocycles. The van der Waals surface area contributed by atoms with Crippen LogP contribution >= 0.6 is 27.5 Å². The molecular formula is C15H19BrClN3. The number of nitrogens with zero attached hydrogens (tertiary/aromatic N) is 2. The molecule has 2 aromatic rings. The molecule has 1 atom stereocenters. The molecule has 108 valence electrons. The van der Waals surface area contributed by atoms with Crippen molar-refractivity contribution in [1.82, 2.24) is 15.1 Å². The van der Waals surface area contributed by atoms with Crippen LogP contribution in [0.4, 0.5) is 0 Å². The molecule has 1 aromatic heterocycles. The summed E-state index contributed by atoms with van der Waals surface area (Å²) in [7, 11) is 0. The fourth-order valence-electron chi connectivity index (χ4n) is 2.30. The molecule has 0 spiro atoms. The van der Waals surface area contributed by atoms with Gasteiger partial charge < -0.3 is 5.32 Å². The standard InChI is InChI=1S/C15H19BrClN3/c1-4-18-14(11-7-5-6-8-12(11)16)15-13(17)9-19-20(15)10(2)3/h5-10,14,18H,4H2,1-3H3. The van der Waals surface area contributed by atoms with Crippen LogP contribution in [0.2, 0.25) is 5.02 Å². The first-order valence-electron chi connectivity index (χ1n) is 6.77. The van der Waals surface area contributed by atoms with Gasteiger partial charge in [-0.3, -0.25) is 4.68 Å². The molecule has 1 unspecified atom stereocenters. The molecule has 0 radical (unpaired) electrons. The van der Waals surface area contributed by atoms with Gasteiger partial charge in [-0.25, -0.2) is 0 Å². The minimum atomic E-state index is 0.0213. The van der Waals surface area contributed by atoms with Gasteiger partial charge in [-0.05, 0) is 32.0 Å². The molecule has 0 aliphatic carbocycles. The molecule has 5 heteroatoms. The number of benzene rings is 1. The van der Waals surface area contributed by atoms with E-state index in [1.807, 2.05) is 22.9 Å².